The number of hydrogen-bond donors (Lipinski definition) is 2. The van der Waals surface area contributed by atoms with E-state index in [4.69, 9.17) is 5.73 Å². The topological polar surface area (TPSA) is 67.1 Å². The fourth-order valence-electron chi connectivity index (χ4n) is 3.61. The van der Waals surface area contributed by atoms with Crippen LogP contribution in [0.15, 0.2) is 54.9 Å². The predicted octanol–water partition coefficient (Wildman–Crippen LogP) is 5.48. The van der Waals surface area contributed by atoms with E-state index in [1.165, 1.54) is 18.8 Å². The average Bonchev–Trinajstić information content (AvgIpc) is 2.74. The third kappa shape index (κ3) is 4.48. The van der Waals surface area contributed by atoms with Gasteiger partial charge in [0.15, 0.2) is 0 Å². The molecule has 0 atom stereocenters. The van der Waals surface area contributed by atoms with Crippen LogP contribution in [0.2, 0.25) is 0 Å². The van der Waals surface area contributed by atoms with Crippen LogP contribution in [0.5, 0.6) is 0 Å². The minimum atomic E-state index is -4.40. The van der Waals surface area contributed by atoms with Gasteiger partial charge in [-0.05, 0) is 55.7 Å². The van der Waals surface area contributed by atoms with E-state index in [0.717, 1.165) is 49.3 Å². The highest BCUT2D eigenvalue weighted by atomic mass is 19.4. The molecule has 1 aliphatic heterocycles. The zero-order valence-corrected chi connectivity index (χ0v) is 16.3. The number of piperidine rings is 1. The lowest BCUT2D eigenvalue weighted by Gasteiger charge is -2.29. The molecule has 0 unspecified atom stereocenters. The number of nitrogens with zero attached hydrogens (tertiary/aromatic N) is 3. The standard InChI is InChI=1S/C22H22F3N5/c23-22(24,25)15-5-4-6-16(11-15)29-21-13-20(27-14-28-21)18-12-17(7-8-19(18)26)30-9-2-1-3-10-30/h4-8,11-14H,1-3,9-10,26H2,(H,27,28,29). The zero-order valence-electron chi connectivity index (χ0n) is 16.3. The number of benzene rings is 2. The lowest BCUT2D eigenvalue weighted by Crippen LogP contribution is -2.29. The first-order valence-electron chi connectivity index (χ1n) is 9.81. The van der Waals surface area contributed by atoms with Crippen molar-refractivity contribution in [3.8, 4) is 11.3 Å². The molecule has 1 fully saturated rings. The fourth-order valence-corrected chi connectivity index (χ4v) is 3.61. The second-order valence-electron chi connectivity index (χ2n) is 7.31. The number of alkyl halides is 3. The van der Waals surface area contributed by atoms with Crippen LogP contribution < -0.4 is 16.0 Å². The second kappa shape index (κ2) is 8.22. The van der Waals surface area contributed by atoms with E-state index < -0.39 is 11.7 Å². The number of nitrogens with two attached hydrogens (primary N) is 1. The lowest BCUT2D eigenvalue weighted by atomic mass is 10.1. The van der Waals surface area contributed by atoms with Crippen molar-refractivity contribution in [2.24, 2.45) is 0 Å². The molecule has 0 saturated carbocycles. The van der Waals surface area contributed by atoms with E-state index >= 15 is 0 Å². The molecule has 5 nitrogen and oxygen atoms in total. The van der Waals surface area contributed by atoms with Crippen LogP contribution in [0.25, 0.3) is 11.3 Å². The monoisotopic (exact) mass is 413 g/mol. The van der Waals surface area contributed by atoms with Gasteiger partial charge >= 0.3 is 6.18 Å². The van der Waals surface area contributed by atoms with Gasteiger partial charge in [0.25, 0.3) is 0 Å². The SMILES string of the molecule is Nc1ccc(N2CCCCC2)cc1-c1cc(Nc2cccc(C(F)(F)F)c2)ncn1. The Morgan fingerprint density at radius 3 is 2.50 bits per heavy atom. The summed E-state index contributed by atoms with van der Waals surface area (Å²) >= 11 is 0. The summed E-state index contributed by atoms with van der Waals surface area (Å²) in [6.07, 6.45) is 0.543. The van der Waals surface area contributed by atoms with Crippen molar-refractivity contribution in [2.75, 3.05) is 29.0 Å². The number of anilines is 4. The van der Waals surface area contributed by atoms with E-state index in [-0.39, 0.29) is 0 Å². The lowest BCUT2D eigenvalue weighted by molar-refractivity contribution is -0.137. The Hall–Kier alpha value is -3.29. The molecule has 0 amide bonds. The van der Waals surface area contributed by atoms with Crippen molar-refractivity contribution < 1.29 is 13.2 Å². The predicted molar refractivity (Wildman–Crippen MR) is 113 cm³/mol. The highest BCUT2D eigenvalue weighted by molar-refractivity contribution is 5.79. The summed E-state index contributed by atoms with van der Waals surface area (Å²) in [4.78, 5) is 10.8. The van der Waals surface area contributed by atoms with Crippen LogP contribution in [0, 0.1) is 0 Å². The third-order valence-corrected chi connectivity index (χ3v) is 5.16. The summed E-state index contributed by atoms with van der Waals surface area (Å²) in [5, 5.41) is 2.92. The maximum absolute atomic E-state index is 13.0. The van der Waals surface area contributed by atoms with Gasteiger partial charge in [0, 0.05) is 41.8 Å². The van der Waals surface area contributed by atoms with E-state index in [1.54, 1.807) is 12.1 Å². The molecule has 30 heavy (non-hydrogen) atoms. The van der Waals surface area contributed by atoms with Crippen LogP contribution in [0.3, 0.4) is 0 Å². The summed E-state index contributed by atoms with van der Waals surface area (Å²) in [7, 11) is 0. The third-order valence-electron chi connectivity index (χ3n) is 5.16. The number of halogens is 3. The molecule has 1 aromatic heterocycles. The maximum Gasteiger partial charge on any atom is 0.416 e. The van der Waals surface area contributed by atoms with Gasteiger partial charge in [-0.15, -0.1) is 0 Å². The summed E-state index contributed by atoms with van der Waals surface area (Å²) < 4.78 is 38.9. The highest BCUT2D eigenvalue weighted by Gasteiger charge is 2.30. The number of nitrogen functional groups attached to an aromatic ring is 1. The van der Waals surface area contributed by atoms with E-state index in [2.05, 4.69) is 20.2 Å². The first-order valence-corrected chi connectivity index (χ1v) is 9.81. The summed E-state index contributed by atoms with van der Waals surface area (Å²) in [5.41, 5.74) is 8.82. The minimum Gasteiger partial charge on any atom is -0.398 e. The Balaban J connectivity index is 1.61. The van der Waals surface area contributed by atoms with Gasteiger partial charge in [0.05, 0.1) is 11.3 Å². The van der Waals surface area contributed by atoms with E-state index in [9.17, 15) is 13.2 Å². The molecule has 8 heteroatoms. The van der Waals surface area contributed by atoms with Gasteiger partial charge in [-0.1, -0.05) is 6.07 Å². The molecule has 156 valence electrons. The summed E-state index contributed by atoms with van der Waals surface area (Å²) in [6, 6.07) is 12.6. The molecule has 0 radical (unpaired) electrons. The minimum absolute atomic E-state index is 0.296. The molecule has 4 rings (SSSR count). The zero-order chi connectivity index (χ0) is 21.1. The van der Waals surface area contributed by atoms with Crippen molar-refractivity contribution in [1.82, 2.24) is 9.97 Å². The van der Waals surface area contributed by atoms with Crippen molar-refractivity contribution in [3.63, 3.8) is 0 Å². The molecule has 2 aromatic carbocycles. The van der Waals surface area contributed by atoms with Crippen LogP contribution in [0.4, 0.5) is 36.1 Å². The molecule has 0 aliphatic carbocycles. The van der Waals surface area contributed by atoms with Crippen molar-refractivity contribution in [2.45, 2.75) is 25.4 Å². The van der Waals surface area contributed by atoms with Gasteiger partial charge in [0.1, 0.15) is 12.1 Å². The molecule has 0 spiro atoms. The Morgan fingerprint density at radius 1 is 0.933 bits per heavy atom. The molecular weight excluding hydrogens is 391 g/mol. The number of aromatic nitrogens is 2. The van der Waals surface area contributed by atoms with E-state index in [1.807, 2.05) is 18.2 Å². The average molecular weight is 413 g/mol. The van der Waals surface area contributed by atoms with Gasteiger partial charge in [-0.2, -0.15) is 13.2 Å². The second-order valence-corrected chi connectivity index (χ2v) is 7.31. The van der Waals surface area contributed by atoms with Crippen LogP contribution in [-0.4, -0.2) is 23.1 Å². The number of nitrogens with one attached hydrogen (secondary N) is 1. The molecule has 0 bridgehead atoms. The fraction of sp³-hybridized carbons (Fsp3) is 0.273. The van der Waals surface area contributed by atoms with E-state index in [0.29, 0.717) is 22.9 Å². The van der Waals surface area contributed by atoms with Crippen molar-refractivity contribution in [1.29, 1.82) is 0 Å². The highest BCUT2D eigenvalue weighted by Crippen LogP contribution is 2.33. The molecule has 3 aromatic rings. The molecule has 3 N–H and O–H groups in total. The Morgan fingerprint density at radius 2 is 1.73 bits per heavy atom. The Kier molecular flexibility index (Phi) is 5.48. The van der Waals surface area contributed by atoms with Gasteiger partial charge in [0.2, 0.25) is 0 Å². The first kappa shape index (κ1) is 20.0. The molecule has 1 saturated heterocycles. The van der Waals surface area contributed by atoms with Gasteiger partial charge < -0.3 is 16.0 Å². The first-order chi connectivity index (χ1) is 14.4. The molecule has 1 aliphatic rings. The Bertz CT molecular complexity index is 1030. The summed E-state index contributed by atoms with van der Waals surface area (Å²) in [6.45, 7) is 2.02. The Labute approximate surface area is 172 Å². The molecule has 2 heterocycles. The van der Waals surface area contributed by atoms with Gasteiger partial charge in [-0.3, -0.25) is 0 Å². The van der Waals surface area contributed by atoms with Crippen molar-refractivity contribution in [3.05, 3.63) is 60.4 Å². The largest absolute Gasteiger partial charge is 0.416 e. The smallest absolute Gasteiger partial charge is 0.398 e. The van der Waals surface area contributed by atoms with Crippen LogP contribution in [0.1, 0.15) is 24.8 Å². The summed E-state index contributed by atoms with van der Waals surface area (Å²) in [5.74, 6) is 0.391. The van der Waals surface area contributed by atoms with Gasteiger partial charge in [-0.25, -0.2) is 9.97 Å². The van der Waals surface area contributed by atoms with Crippen LogP contribution in [-0.2, 0) is 6.18 Å². The maximum atomic E-state index is 13.0. The number of hydrogen-bond acceptors (Lipinski definition) is 5. The van der Waals surface area contributed by atoms with Crippen molar-refractivity contribution >= 4 is 22.9 Å². The number of rotatable bonds is 4. The quantitative estimate of drug-likeness (QED) is 0.555. The molecular formula is C22H22F3N5. The van der Waals surface area contributed by atoms with Crippen LogP contribution >= 0.6 is 0 Å². The normalized spacial score (nSPS) is 14.6.